The van der Waals surface area contributed by atoms with E-state index in [2.05, 4.69) is 5.32 Å². The van der Waals surface area contributed by atoms with Crippen LogP contribution in [0.2, 0.25) is 0 Å². The molecule has 0 fully saturated rings. The quantitative estimate of drug-likeness (QED) is 0.846. The zero-order valence-corrected chi connectivity index (χ0v) is 14.1. The van der Waals surface area contributed by atoms with Crippen molar-refractivity contribution in [2.45, 2.75) is 26.5 Å². The third-order valence-corrected chi connectivity index (χ3v) is 3.81. The fourth-order valence-electron chi connectivity index (χ4n) is 2.44. The van der Waals surface area contributed by atoms with Crippen LogP contribution in [0, 0.1) is 6.92 Å². The Labute approximate surface area is 145 Å². The average Bonchev–Trinajstić information content (AvgIpc) is 3.07. The third kappa shape index (κ3) is 4.09. The number of rotatable bonds is 5. The zero-order chi connectivity index (χ0) is 17.8. The van der Waals surface area contributed by atoms with Crippen LogP contribution in [0.25, 0.3) is 0 Å². The first kappa shape index (κ1) is 16.8. The van der Waals surface area contributed by atoms with E-state index in [-0.39, 0.29) is 12.7 Å². The number of carbonyl (C=O) groups excluding carboxylic acids is 2. The van der Waals surface area contributed by atoms with E-state index < -0.39 is 12.1 Å². The molecule has 0 bridgehead atoms. The second-order valence-electron chi connectivity index (χ2n) is 5.82. The van der Waals surface area contributed by atoms with Crippen molar-refractivity contribution in [1.82, 2.24) is 5.32 Å². The van der Waals surface area contributed by atoms with Gasteiger partial charge >= 0.3 is 5.97 Å². The molecule has 0 radical (unpaired) electrons. The van der Waals surface area contributed by atoms with Gasteiger partial charge in [0.15, 0.2) is 17.6 Å². The van der Waals surface area contributed by atoms with E-state index in [0.29, 0.717) is 23.6 Å². The minimum absolute atomic E-state index is 0.205. The average molecular weight is 341 g/mol. The molecule has 1 atom stereocenters. The first-order chi connectivity index (χ1) is 12.0. The minimum atomic E-state index is -0.887. The molecular formula is C19H19NO5. The van der Waals surface area contributed by atoms with Gasteiger partial charge in [0.1, 0.15) is 0 Å². The van der Waals surface area contributed by atoms with Gasteiger partial charge < -0.3 is 19.5 Å². The predicted octanol–water partition coefficient (Wildman–Crippen LogP) is 2.59. The molecule has 130 valence electrons. The highest BCUT2D eigenvalue weighted by atomic mass is 16.7. The van der Waals surface area contributed by atoms with Crippen molar-refractivity contribution in [1.29, 1.82) is 0 Å². The lowest BCUT2D eigenvalue weighted by molar-refractivity contribution is -0.129. The topological polar surface area (TPSA) is 73.9 Å². The van der Waals surface area contributed by atoms with E-state index in [1.807, 2.05) is 25.1 Å². The van der Waals surface area contributed by atoms with Crippen LogP contribution in [0.1, 0.15) is 28.4 Å². The fraction of sp³-hybridized carbons (Fsp3) is 0.263. The predicted molar refractivity (Wildman–Crippen MR) is 90.5 cm³/mol. The van der Waals surface area contributed by atoms with E-state index >= 15 is 0 Å². The largest absolute Gasteiger partial charge is 0.454 e. The summed E-state index contributed by atoms with van der Waals surface area (Å²) in [6.07, 6.45) is -0.887. The lowest BCUT2D eigenvalue weighted by atomic mass is 10.1. The van der Waals surface area contributed by atoms with Crippen molar-refractivity contribution in [3.05, 3.63) is 59.2 Å². The van der Waals surface area contributed by atoms with Crippen molar-refractivity contribution < 1.29 is 23.8 Å². The molecule has 1 unspecified atom stereocenters. The molecule has 1 N–H and O–H groups in total. The van der Waals surface area contributed by atoms with Crippen LogP contribution in [0.15, 0.2) is 42.5 Å². The molecule has 0 aliphatic carbocycles. The first-order valence-corrected chi connectivity index (χ1v) is 7.97. The molecule has 25 heavy (non-hydrogen) atoms. The molecule has 0 saturated heterocycles. The molecule has 1 heterocycles. The summed E-state index contributed by atoms with van der Waals surface area (Å²) in [5, 5.41) is 2.75. The lowest BCUT2D eigenvalue weighted by Gasteiger charge is -2.14. The minimum Gasteiger partial charge on any atom is -0.454 e. The van der Waals surface area contributed by atoms with Crippen LogP contribution >= 0.6 is 0 Å². The number of benzene rings is 2. The van der Waals surface area contributed by atoms with Gasteiger partial charge in [-0.3, -0.25) is 4.79 Å². The van der Waals surface area contributed by atoms with Gasteiger partial charge in [0.25, 0.3) is 5.91 Å². The van der Waals surface area contributed by atoms with Gasteiger partial charge in [-0.15, -0.1) is 0 Å². The molecule has 1 amide bonds. The zero-order valence-electron chi connectivity index (χ0n) is 14.1. The summed E-state index contributed by atoms with van der Waals surface area (Å²) in [6, 6.07) is 12.5. The first-order valence-electron chi connectivity index (χ1n) is 7.97. The van der Waals surface area contributed by atoms with Gasteiger partial charge in [-0.25, -0.2) is 4.79 Å². The maximum absolute atomic E-state index is 12.1. The van der Waals surface area contributed by atoms with Crippen molar-refractivity contribution in [3.63, 3.8) is 0 Å². The normalized spacial score (nSPS) is 13.2. The Bertz CT molecular complexity index is 802. The molecule has 0 saturated carbocycles. The van der Waals surface area contributed by atoms with Crippen LogP contribution in [-0.2, 0) is 16.1 Å². The molecular weight excluding hydrogens is 322 g/mol. The van der Waals surface area contributed by atoms with Gasteiger partial charge in [-0.1, -0.05) is 23.8 Å². The maximum atomic E-state index is 12.1. The van der Waals surface area contributed by atoms with Gasteiger partial charge in [0, 0.05) is 6.54 Å². The van der Waals surface area contributed by atoms with Crippen molar-refractivity contribution in [2.24, 2.45) is 0 Å². The summed E-state index contributed by atoms with van der Waals surface area (Å²) in [7, 11) is 0. The molecule has 2 aromatic rings. The summed E-state index contributed by atoms with van der Waals surface area (Å²) in [6.45, 7) is 3.94. The van der Waals surface area contributed by atoms with Gasteiger partial charge in [0.2, 0.25) is 6.79 Å². The SMILES string of the molecule is Cc1cccc(C(=O)OC(C)C(=O)NCc2ccc3c(c2)OCO3)c1. The Hall–Kier alpha value is -3.02. The Morgan fingerprint density at radius 1 is 1.16 bits per heavy atom. The fourth-order valence-corrected chi connectivity index (χ4v) is 2.44. The van der Waals surface area contributed by atoms with E-state index in [0.717, 1.165) is 11.1 Å². The van der Waals surface area contributed by atoms with E-state index in [1.165, 1.54) is 0 Å². The number of amides is 1. The number of esters is 1. The van der Waals surface area contributed by atoms with Crippen LogP contribution in [0.4, 0.5) is 0 Å². The summed E-state index contributed by atoms with van der Waals surface area (Å²) in [4.78, 5) is 24.2. The monoisotopic (exact) mass is 341 g/mol. The third-order valence-electron chi connectivity index (χ3n) is 3.81. The van der Waals surface area contributed by atoms with Crippen LogP contribution in [0.3, 0.4) is 0 Å². The molecule has 3 rings (SSSR count). The Morgan fingerprint density at radius 3 is 2.76 bits per heavy atom. The molecule has 6 heteroatoms. The molecule has 6 nitrogen and oxygen atoms in total. The smallest absolute Gasteiger partial charge is 0.338 e. The highest BCUT2D eigenvalue weighted by molar-refractivity contribution is 5.92. The van der Waals surface area contributed by atoms with E-state index in [9.17, 15) is 9.59 Å². The molecule has 1 aliphatic rings. The van der Waals surface area contributed by atoms with E-state index in [4.69, 9.17) is 14.2 Å². The summed E-state index contributed by atoms with van der Waals surface area (Å²) < 4.78 is 15.8. The number of ether oxygens (including phenoxy) is 3. The van der Waals surface area contributed by atoms with Crippen LogP contribution in [0.5, 0.6) is 11.5 Å². The van der Waals surface area contributed by atoms with Crippen LogP contribution in [-0.4, -0.2) is 24.8 Å². The van der Waals surface area contributed by atoms with Crippen LogP contribution < -0.4 is 14.8 Å². The van der Waals surface area contributed by atoms with Gasteiger partial charge in [-0.05, 0) is 43.7 Å². The number of nitrogens with one attached hydrogen (secondary N) is 1. The number of hydrogen-bond donors (Lipinski definition) is 1. The Kier molecular flexibility index (Phi) is 4.88. The second-order valence-corrected chi connectivity index (χ2v) is 5.82. The standard InChI is InChI=1S/C19H19NO5/c1-12-4-3-5-15(8-12)19(22)25-13(2)18(21)20-10-14-6-7-16-17(9-14)24-11-23-16/h3-9,13H,10-11H2,1-2H3,(H,20,21). The Morgan fingerprint density at radius 2 is 1.96 bits per heavy atom. The van der Waals surface area contributed by atoms with Crippen molar-refractivity contribution >= 4 is 11.9 Å². The molecule has 0 aromatic heterocycles. The van der Waals surface area contributed by atoms with Crippen molar-refractivity contribution in [2.75, 3.05) is 6.79 Å². The number of fused-ring (bicyclic) bond motifs is 1. The molecule has 2 aromatic carbocycles. The summed E-state index contributed by atoms with van der Waals surface area (Å²) in [5.74, 6) is 0.467. The number of carbonyl (C=O) groups is 2. The number of aryl methyl sites for hydroxylation is 1. The van der Waals surface area contributed by atoms with Gasteiger partial charge in [0.05, 0.1) is 5.56 Å². The molecule has 1 aliphatic heterocycles. The number of hydrogen-bond acceptors (Lipinski definition) is 5. The van der Waals surface area contributed by atoms with Gasteiger partial charge in [-0.2, -0.15) is 0 Å². The maximum Gasteiger partial charge on any atom is 0.338 e. The highest BCUT2D eigenvalue weighted by Crippen LogP contribution is 2.32. The lowest BCUT2D eigenvalue weighted by Crippen LogP contribution is -2.35. The summed E-state index contributed by atoms with van der Waals surface area (Å²) >= 11 is 0. The van der Waals surface area contributed by atoms with E-state index in [1.54, 1.807) is 31.2 Å². The Balaban J connectivity index is 1.53. The summed E-state index contributed by atoms with van der Waals surface area (Å²) in [5.41, 5.74) is 2.25. The molecule has 0 spiro atoms. The van der Waals surface area contributed by atoms with Crippen molar-refractivity contribution in [3.8, 4) is 11.5 Å². The highest BCUT2D eigenvalue weighted by Gasteiger charge is 2.19. The second kappa shape index (κ2) is 7.25.